The number of morpholine rings is 2. The summed E-state index contributed by atoms with van der Waals surface area (Å²) in [7, 11) is 0. The summed E-state index contributed by atoms with van der Waals surface area (Å²) >= 11 is 0. The van der Waals surface area contributed by atoms with Gasteiger partial charge in [0, 0.05) is 57.7 Å². The second-order valence-electron chi connectivity index (χ2n) is 6.78. The molecule has 0 atom stereocenters. The highest BCUT2D eigenvalue weighted by Gasteiger charge is 2.30. The maximum absolute atomic E-state index is 5.46. The Morgan fingerprint density at radius 1 is 1.00 bits per heavy atom. The lowest BCUT2D eigenvalue weighted by Gasteiger charge is -2.46. The van der Waals surface area contributed by atoms with E-state index >= 15 is 0 Å². The lowest BCUT2D eigenvalue weighted by molar-refractivity contribution is 0.0238. The van der Waals surface area contributed by atoms with Crippen LogP contribution in [0.2, 0.25) is 0 Å². The van der Waals surface area contributed by atoms with Crippen LogP contribution in [0.5, 0.6) is 0 Å². The van der Waals surface area contributed by atoms with Crippen LogP contribution in [0.4, 0.5) is 0 Å². The molecule has 126 valence electrons. The van der Waals surface area contributed by atoms with Gasteiger partial charge in [0.05, 0.1) is 32.1 Å². The Labute approximate surface area is 134 Å². The van der Waals surface area contributed by atoms with Crippen molar-refractivity contribution in [3.63, 3.8) is 0 Å². The molecular formula is C16H30N4O2. The van der Waals surface area contributed by atoms with E-state index in [1.165, 1.54) is 5.70 Å². The first-order valence-electron chi connectivity index (χ1n) is 8.50. The van der Waals surface area contributed by atoms with Crippen LogP contribution in [0.15, 0.2) is 11.9 Å². The number of nitrogens with one attached hydrogen (secondary N) is 1. The highest BCUT2D eigenvalue weighted by Crippen LogP contribution is 2.21. The van der Waals surface area contributed by atoms with Crippen molar-refractivity contribution in [3.8, 4) is 0 Å². The van der Waals surface area contributed by atoms with Crippen LogP contribution in [0, 0.1) is 0 Å². The van der Waals surface area contributed by atoms with Crippen molar-refractivity contribution in [2.24, 2.45) is 0 Å². The summed E-state index contributed by atoms with van der Waals surface area (Å²) in [6, 6.07) is 0. The normalized spacial score (nSPS) is 26.9. The molecule has 0 bridgehead atoms. The first-order valence-corrected chi connectivity index (χ1v) is 8.50. The van der Waals surface area contributed by atoms with Gasteiger partial charge in [0.25, 0.3) is 0 Å². The second-order valence-corrected chi connectivity index (χ2v) is 6.78. The van der Waals surface area contributed by atoms with Crippen molar-refractivity contribution >= 4 is 0 Å². The Hall–Kier alpha value is -0.820. The lowest BCUT2D eigenvalue weighted by atomic mass is 10.1. The van der Waals surface area contributed by atoms with E-state index in [1.54, 1.807) is 0 Å². The molecule has 3 heterocycles. The zero-order valence-electron chi connectivity index (χ0n) is 14.0. The molecule has 1 N–H and O–H groups in total. The van der Waals surface area contributed by atoms with Gasteiger partial charge >= 0.3 is 0 Å². The quantitative estimate of drug-likeness (QED) is 0.796. The number of ether oxygens (including phenoxy) is 2. The molecule has 2 fully saturated rings. The van der Waals surface area contributed by atoms with Gasteiger partial charge in [-0.25, -0.2) is 0 Å². The Bertz CT molecular complexity index is 388. The number of nitrogens with zero attached hydrogens (tertiary/aromatic N) is 3. The fraction of sp³-hybridized carbons (Fsp3) is 0.875. The van der Waals surface area contributed by atoms with E-state index in [2.05, 4.69) is 40.1 Å². The van der Waals surface area contributed by atoms with Crippen LogP contribution in [0.3, 0.4) is 0 Å². The SMILES string of the molecule is CC1(C)NCC(N2CCOCC2)=CN1CCN1CCOCC1. The molecule has 0 aromatic rings. The van der Waals surface area contributed by atoms with Crippen molar-refractivity contribution in [2.45, 2.75) is 19.5 Å². The zero-order valence-corrected chi connectivity index (χ0v) is 14.0. The maximum Gasteiger partial charge on any atom is 0.0849 e. The van der Waals surface area contributed by atoms with Gasteiger partial charge in [-0.15, -0.1) is 0 Å². The van der Waals surface area contributed by atoms with Gasteiger partial charge in [0.1, 0.15) is 0 Å². The Morgan fingerprint density at radius 2 is 1.64 bits per heavy atom. The minimum atomic E-state index is 0.0159. The number of hydrogen-bond donors (Lipinski definition) is 1. The molecule has 0 aliphatic carbocycles. The average Bonchev–Trinajstić information content (AvgIpc) is 2.55. The first-order chi connectivity index (χ1) is 10.6. The van der Waals surface area contributed by atoms with Crippen molar-refractivity contribution in [1.29, 1.82) is 0 Å². The Morgan fingerprint density at radius 3 is 2.32 bits per heavy atom. The lowest BCUT2D eigenvalue weighted by Crippen LogP contribution is -2.59. The molecule has 0 aromatic heterocycles. The van der Waals surface area contributed by atoms with E-state index in [9.17, 15) is 0 Å². The highest BCUT2D eigenvalue weighted by molar-refractivity contribution is 5.11. The molecule has 3 aliphatic rings. The van der Waals surface area contributed by atoms with E-state index in [1.807, 2.05) is 0 Å². The molecule has 22 heavy (non-hydrogen) atoms. The van der Waals surface area contributed by atoms with Gasteiger partial charge in [-0.05, 0) is 13.8 Å². The van der Waals surface area contributed by atoms with E-state index in [-0.39, 0.29) is 5.66 Å². The molecule has 6 nitrogen and oxygen atoms in total. The topological polar surface area (TPSA) is 40.2 Å². The predicted octanol–water partition coefficient (Wildman–Crippen LogP) is 0.134. The largest absolute Gasteiger partial charge is 0.379 e. The zero-order chi connectivity index (χ0) is 15.4. The van der Waals surface area contributed by atoms with Gasteiger partial charge in [-0.1, -0.05) is 0 Å². The molecule has 0 spiro atoms. The third-order valence-corrected chi connectivity index (χ3v) is 4.90. The molecule has 0 radical (unpaired) electrons. The summed E-state index contributed by atoms with van der Waals surface area (Å²) in [4.78, 5) is 7.40. The summed E-state index contributed by atoms with van der Waals surface area (Å²) in [6.07, 6.45) is 2.36. The Balaban J connectivity index is 1.60. The molecule has 3 rings (SSSR count). The van der Waals surface area contributed by atoms with Crippen LogP contribution in [0.1, 0.15) is 13.8 Å². The van der Waals surface area contributed by atoms with E-state index in [4.69, 9.17) is 9.47 Å². The van der Waals surface area contributed by atoms with Crippen molar-refractivity contribution in [1.82, 2.24) is 20.0 Å². The van der Waals surface area contributed by atoms with Crippen LogP contribution in [0.25, 0.3) is 0 Å². The molecule has 0 saturated carbocycles. The van der Waals surface area contributed by atoms with Crippen LogP contribution >= 0.6 is 0 Å². The number of hydrogen-bond acceptors (Lipinski definition) is 6. The van der Waals surface area contributed by atoms with E-state index in [0.29, 0.717) is 0 Å². The van der Waals surface area contributed by atoms with Crippen LogP contribution in [-0.4, -0.2) is 92.6 Å². The van der Waals surface area contributed by atoms with Crippen LogP contribution in [-0.2, 0) is 9.47 Å². The fourth-order valence-corrected chi connectivity index (χ4v) is 3.26. The Kier molecular flexibility index (Phi) is 5.23. The minimum Gasteiger partial charge on any atom is -0.379 e. The third-order valence-electron chi connectivity index (χ3n) is 4.90. The van der Waals surface area contributed by atoms with Crippen molar-refractivity contribution in [2.75, 3.05) is 72.2 Å². The van der Waals surface area contributed by atoms with Crippen LogP contribution < -0.4 is 5.32 Å². The van der Waals surface area contributed by atoms with E-state index < -0.39 is 0 Å². The number of rotatable bonds is 4. The smallest absolute Gasteiger partial charge is 0.0849 e. The summed E-state index contributed by atoms with van der Waals surface area (Å²) in [5, 5.41) is 3.68. The minimum absolute atomic E-state index is 0.0159. The molecule has 0 amide bonds. The fourth-order valence-electron chi connectivity index (χ4n) is 3.26. The summed E-state index contributed by atoms with van der Waals surface area (Å²) < 4.78 is 10.9. The van der Waals surface area contributed by atoms with Gasteiger partial charge in [-0.2, -0.15) is 0 Å². The molecule has 2 saturated heterocycles. The highest BCUT2D eigenvalue weighted by atomic mass is 16.5. The maximum atomic E-state index is 5.46. The van der Waals surface area contributed by atoms with Crippen molar-refractivity contribution < 1.29 is 9.47 Å². The second kappa shape index (κ2) is 7.17. The summed E-state index contributed by atoms with van der Waals surface area (Å²) in [5.41, 5.74) is 1.41. The summed E-state index contributed by atoms with van der Waals surface area (Å²) in [6.45, 7) is 15.2. The molecule has 0 aromatic carbocycles. The van der Waals surface area contributed by atoms with Gasteiger partial charge < -0.3 is 19.3 Å². The van der Waals surface area contributed by atoms with Crippen molar-refractivity contribution in [3.05, 3.63) is 11.9 Å². The molecule has 6 heteroatoms. The van der Waals surface area contributed by atoms with Gasteiger partial charge in [-0.3, -0.25) is 10.2 Å². The monoisotopic (exact) mass is 310 g/mol. The summed E-state index contributed by atoms with van der Waals surface area (Å²) in [5.74, 6) is 0. The van der Waals surface area contributed by atoms with E-state index in [0.717, 1.165) is 72.2 Å². The first kappa shape index (κ1) is 16.1. The predicted molar refractivity (Wildman–Crippen MR) is 86.5 cm³/mol. The third kappa shape index (κ3) is 3.93. The molecular weight excluding hydrogens is 280 g/mol. The van der Waals surface area contributed by atoms with Gasteiger partial charge in [0.2, 0.25) is 0 Å². The molecule has 0 unspecified atom stereocenters. The van der Waals surface area contributed by atoms with Gasteiger partial charge in [0.15, 0.2) is 0 Å². The average molecular weight is 310 g/mol. The molecule has 3 aliphatic heterocycles. The standard InChI is InChI=1S/C16H30N4O2/c1-16(2)17-13-15(19-7-11-22-12-8-19)14-20(16)4-3-18-5-9-21-10-6-18/h14,17H,3-13H2,1-2H3.